The van der Waals surface area contributed by atoms with Crippen LogP contribution in [0.15, 0.2) is 90.4 Å². The molecule has 0 aliphatic carbocycles. The number of aromatic amines is 1. The highest BCUT2D eigenvalue weighted by Crippen LogP contribution is 2.29. The van der Waals surface area contributed by atoms with Gasteiger partial charge in [-0.25, -0.2) is 19.6 Å². The van der Waals surface area contributed by atoms with Crippen molar-refractivity contribution < 1.29 is 28.2 Å². The topological polar surface area (TPSA) is 127 Å². The Balaban J connectivity index is 1.37. The van der Waals surface area contributed by atoms with Gasteiger partial charge in [-0.05, 0) is 53.9 Å². The maximum Gasteiger partial charge on any atom is 0.408 e. The Bertz CT molecular complexity index is 1450. The fourth-order valence-corrected chi connectivity index (χ4v) is 3.76. The Morgan fingerprint density at radius 1 is 1.00 bits per heavy atom. The maximum atomic E-state index is 13.5. The van der Waals surface area contributed by atoms with Gasteiger partial charge in [0.1, 0.15) is 25.1 Å². The first-order chi connectivity index (χ1) is 20.0. The fraction of sp³-hybridized carbons (Fsp3) is 0.200. The van der Waals surface area contributed by atoms with Gasteiger partial charge in [-0.3, -0.25) is 4.79 Å². The van der Waals surface area contributed by atoms with Crippen LogP contribution in [0.25, 0.3) is 0 Å². The molecule has 0 aliphatic heterocycles. The number of hydrogen-bond donors (Lipinski definition) is 3. The number of carbonyl (C=O) groups excluding carboxylic acids is 2. The molecule has 2 amide bonds. The first-order valence-corrected chi connectivity index (χ1v) is 12.9. The summed E-state index contributed by atoms with van der Waals surface area (Å²) in [5.74, 6) is 0.0673. The molecule has 0 radical (unpaired) electrons. The molecule has 3 N–H and O–H groups in total. The fourth-order valence-electron chi connectivity index (χ4n) is 3.76. The van der Waals surface area contributed by atoms with E-state index < -0.39 is 18.0 Å². The van der Waals surface area contributed by atoms with Gasteiger partial charge in [0.2, 0.25) is 0 Å². The summed E-state index contributed by atoms with van der Waals surface area (Å²) >= 11 is 0. The number of nitrogens with one attached hydrogen (secondary N) is 3. The van der Waals surface area contributed by atoms with Gasteiger partial charge in [0.05, 0.1) is 19.1 Å². The minimum Gasteiger partial charge on any atom is -0.490 e. The lowest BCUT2D eigenvalue weighted by atomic mass is 10.1. The number of benzene rings is 3. The number of imidazole rings is 1. The summed E-state index contributed by atoms with van der Waals surface area (Å²) in [7, 11) is 0. The summed E-state index contributed by atoms with van der Waals surface area (Å²) in [5.41, 5.74) is 5.24. The predicted molar refractivity (Wildman–Crippen MR) is 150 cm³/mol. The zero-order valence-electron chi connectivity index (χ0n) is 22.4. The number of nitrogens with zero attached hydrogens (tertiary/aromatic N) is 2. The third kappa shape index (κ3) is 9.20. The minimum absolute atomic E-state index is 0.0628. The van der Waals surface area contributed by atoms with Crippen molar-refractivity contribution in [1.29, 1.82) is 0 Å². The molecular formula is C30H30FN5O5. The molecule has 0 aliphatic rings. The van der Waals surface area contributed by atoms with Crippen LogP contribution in [0.5, 0.6) is 11.5 Å². The van der Waals surface area contributed by atoms with Crippen LogP contribution in [0.4, 0.5) is 9.18 Å². The molecule has 0 fully saturated rings. The lowest BCUT2D eigenvalue weighted by Gasteiger charge is -2.16. The molecule has 10 nitrogen and oxygen atoms in total. The highest BCUT2D eigenvalue weighted by atomic mass is 19.1. The maximum absolute atomic E-state index is 13.5. The number of H-pyrrole nitrogens is 1. The standard InChI is InChI=1S/C30H30FN5O5/c1-2-39-28-14-22(11-12-27(28)40-19-23-9-6-10-24(31)13-23)16-34-36-29(37)26(15-25-17-32-20-33-25)35-30(38)41-18-21-7-4-3-5-8-21/h3-14,16-17,20,26H,2,15,18-19H2,1H3,(H,32,33)(H,35,38)(H,36,37)/b34-16-/t26-/m1/s1. The second-order valence-electron chi connectivity index (χ2n) is 8.83. The summed E-state index contributed by atoms with van der Waals surface area (Å²) < 4.78 is 30.3. The first kappa shape index (κ1) is 28.8. The van der Waals surface area contributed by atoms with Crippen molar-refractivity contribution in [3.8, 4) is 11.5 Å². The quantitative estimate of drug-likeness (QED) is 0.163. The molecule has 0 saturated heterocycles. The van der Waals surface area contributed by atoms with Crippen molar-refractivity contribution in [3.63, 3.8) is 0 Å². The Morgan fingerprint density at radius 2 is 1.83 bits per heavy atom. The van der Waals surface area contributed by atoms with E-state index in [9.17, 15) is 14.0 Å². The molecule has 4 aromatic rings. The van der Waals surface area contributed by atoms with Crippen molar-refractivity contribution in [2.24, 2.45) is 5.10 Å². The predicted octanol–water partition coefficient (Wildman–Crippen LogP) is 4.51. The Labute approximate surface area is 236 Å². The van der Waals surface area contributed by atoms with Crippen molar-refractivity contribution in [2.75, 3.05) is 6.61 Å². The largest absolute Gasteiger partial charge is 0.490 e. The van der Waals surface area contributed by atoms with Gasteiger partial charge < -0.3 is 24.5 Å². The number of ether oxygens (including phenoxy) is 3. The SMILES string of the molecule is CCOc1cc(/C=N\NC(=O)[C@@H](Cc2cnc[nH]2)NC(=O)OCc2ccccc2)ccc1OCc1cccc(F)c1. The van der Waals surface area contributed by atoms with Gasteiger partial charge in [-0.2, -0.15) is 5.10 Å². The summed E-state index contributed by atoms with van der Waals surface area (Å²) in [6, 6.07) is 19.5. The average molecular weight is 560 g/mol. The molecule has 0 bridgehead atoms. The van der Waals surface area contributed by atoms with Crippen molar-refractivity contribution in [2.45, 2.75) is 32.6 Å². The van der Waals surface area contributed by atoms with E-state index in [0.29, 0.717) is 34.9 Å². The molecule has 0 unspecified atom stereocenters. The van der Waals surface area contributed by atoms with E-state index >= 15 is 0 Å². The Kier molecular flexibility index (Phi) is 10.4. The number of rotatable bonds is 13. The van der Waals surface area contributed by atoms with E-state index in [-0.39, 0.29) is 25.5 Å². The second-order valence-corrected chi connectivity index (χ2v) is 8.83. The van der Waals surface area contributed by atoms with Gasteiger partial charge in [0.15, 0.2) is 11.5 Å². The van der Waals surface area contributed by atoms with E-state index in [2.05, 4.69) is 25.8 Å². The summed E-state index contributed by atoms with van der Waals surface area (Å²) in [6.45, 7) is 2.47. The summed E-state index contributed by atoms with van der Waals surface area (Å²) in [5, 5.41) is 6.63. The third-order valence-electron chi connectivity index (χ3n) is 5.74. The van der Waals surface area contributed by atoms with E-state index in [1.807, 2.05) is 37.3 Å². The number of alkyl carbamates (subject to hydrolysis) is 1. The smallest absolute Gasteiger partial charge is 0.408 e. The lowest BCUT2D eigenvalue weighted by Crippen LogP contribution is -2.47. The number of halogens is 1. The van der Waals surface area contributed by atoms with Crippen LogP contribution in [0.3, 0.4) is 0 Å². The van der Waals surface area contributed by atoms with Gasteiger partial charge in [-0.1, -0.05) is 42.5 Å². The number of hydrazone groups is 1. The van der Waals surface area contributed by atoms with Crippen LogP contribution < -0.4 is 20.2 Å². The monoisotopic (exact) mass is 559 g/mol. The highest BCUT2D eigenvalue weighted by molar-refractivity contribution is 5.87. The second kappa shape index (κ2) is 14.8. The third-order valence-corrected chi connectivity index (χ3v) is 5.74. The van der Waals surface area contributed by atoms with E-state index in [4.69, 9.17) is 14.2 Å². The van der Waals surface area contributed by atoms with E-state index in [1.54, 1.807) is 36.5 Å². The van der Waals surface area contributed by atoms with Crippen molar-refractivity contribution in [1.82, 2.24) is 20.7 Å². The zero-order valence-corrected chi connectivity index (χ0v) is 22.4. The molecule has 41 heavy (non-hydrogen) atoms. The molecule has 4 rings (SSSR count). The molecule has 0 spiro atoms. The number of amides is 2. The number of aromatic nitrogens is 2. The Hall–Kier alpha value is -5.19. The van der Waals surface area contributed by atoms with Crippen LogP contribution in [0.1, 0.15) is 29.3 Å². The average Bonchev–Trinajstić information content (AvgIpc) is 3.49. The first-order valence-electron chi connectivity index (χ1n) is 12.9. The summed E-state index contributed by atoms with van der Waals surface area (Å²) in [6.07, 6.45) is 3.89. The molecule has 212 valence electrons. The lowest BCUT2D eigenvalue weighted by molar-refractivity contribution is -0.123. The van der Waals surface area contributed by atoms with Crippen molar-refractivity contribution >= 4 is 18.2 Å². The molecule has 0 saturated carbocycles. The Morgan fingerprint density at radius 3 is 2.59 bits per heavy atom. The van der Waals surface area contributed by atoms with Crippen molar-refractivity contribution in [3.05, 3.63) is 114 Å². The molecule has 1 atom stereocenters. The van der Waals surface area contributed by atoms with Gasteiger partial charge in [0, 0.05) is 18.3 Å². The molecular weight excluding hydrogens is 529 g/mol. The normalized spacial score (nSPS) is 11.6. The van der Waals surface area contributed by atoms with Crippen LogP contribution in [-0.2, 0) is 29.2 Å². The molecule has 11 heteroatoms. The molecule has 3 aromatic carbocycles. The van der Waals surface area contributed by atoms with E-state index in [0.717, 1.165) is 5.56 Å². The van der Waals surface area contributed by atoms with Gasteiger partial charge in [0.25, 0.3) is 5.91 Å². The number of carbonyl (C=O) groups is 2. The highest BCUT2D eigenvalue weighted by Gasteiger charge is 2.22. The van der Waals surface area contributed by atoms with E-state index in [1.165, 1.54) is 24.7 Å². The van der Waals surface area contributed by atoms with Crippen LogP contribution in [-0.4, -0.2) is 40.8 Å². The van der Waals surface area contributed by atoms with Crippen LogP contribution >= 0.6 is 0 Å². The zero-order chi connectivity index (χ0) is 28.9. The number of hydrogen-bond acceptors (Lipinski definition) is 7. The van der Waals surface area contributed by atoms with Crippen LogP contribution in [0.2, 0.25) is 0 Å². The molecule has 1 aromatic heterocycles. The summed E-state index contributed by atoms with van der Waals surface area (Å²) in [4.78, 5) is 32.2. The molecule has 1 heterocycles. The van der Waals surface area contributed by atoms with Gasteiger partial charge >= 0.3 is 6.09 Å². The van der Waals surface area contributed by atoms with Gasteiger partial charge in [-0.15, -0.1) is 0 Å². The van der Waals surface area contributed by atoms with Crippen LogP contribution in [0, 0.1) is 5.82 Å². The minimum atomic E-state index is -0.978.